The first-order valence-corrected chi connectivity index (χ1v) is 13.2. The van der Waals surface area contributed by atoms with Crippen molar-refractivity contribution in [2.24, 2.45) is 10.7 Å². The summed E-state index contributed by atoms with van der Waals surface area (Å²) in [6, 6.07) is 10.9. The van der Waals surface area contributed by atoms with E-state index in [4.69, 9.17) is 5.73 Å². The van der Waals surface area contributed by atoms with E-state index >= 15 is 0 Å². The van der Waals surface area contributed by atoms with Crippen LogP contribution in [-0.2, 0) is 16.1 Å². The minimum atomic E-state index is -0.364. The van der Waals surface area contributed by atoms with Gasteiger partial charge in [0.15, 0.2) is 0 Å². The number of piperidine rings is 1. The van der Waals surface area contributed by atoms with Crippen molar-refractivity contribution in [3.63, 3.8) is 0 Å². The number of carbonyl (C=O) groups is 3. The fraction of sp³-hybridized carbons (Fsp3) is 0.393. The highest BCUT2D eigenvalue weighted by Crippen LogP contribution is 2.25. The topological polar surface area (TPSA) is 136 Å². The van der Waals surface area contributed by atoms with Crippen molar-refractivity contribution in [3.8, 4) is 0 Å². The number of anilines is 3. The zero-order valence-corrected chi connectivity index (χ0v) is 22.7. The maximum absolute atomic E-state index is 13.0. The smallest absolute Gasteiger partial charge is 0.321 e. The molecule has 2 aliphatic rings. The monoisotopic (exact) mass is 532 g/mol. The summed E-state index contributed by atoms with van der Waals surface area (Å²) < 4.78 is 0. The Labute approximate surface area is 228 Å². The third-order valence-corrected chi connectivity index (χ3v) is 6.74. The fourth-order valence-corrected chi connectivity index (χ4v) is 4.56. The molecular weight excluding hydrogens is 496 g/mol. The zero-order valence-electron chi connectivity index (χ0n) is 22.7. The second-order valence-electron chi connectivity index (χ2n) is 9.71. The van der Waals surface area contributed by atoms with Crippen molar-refractivity contribution in [2.45, 2.75) is 32.7 Å². The zero-order chi connectivity index (χ0) is 27.9. The van der Waals surface area contributed by atoms with Crippen LogP contribution in [0, 0.1) is 0 Å². The van der Waals surface area contributed by atoms with Crippen LogP contribution in [0.1, 0.15) is 31.7 Å². The lowest BCUT2D eigenvalue weighted by Gasteiger charge is -2.32. The van der Waals surface area contributed by atoms with E-state index in [9.17, 15) is 14.4 Å². The summed E-state index contributed by atoms with van der Waals surface area (Å²) in [5.74, 6) is 0.517. The number of amides is 4. The highest BCUT2D eigenvalue weighted by atomic mass is 16.2. The van der Waals surface area contributed by atoms with Crippen molar-refractivity contribution in [1.82, 2.24) is 15.2 Å². The molecule has 0 spiro atoms. The van der Waals surface area contributed by atoms with Crippen molar-refractivity contribution < 1.29 is 14.4 Å². The Hall–Kier alpha value is -4.41. The number of hydrogen-bond donors (Lipinski definition) is 3. The Kier molecular flexibility index (Phi) is 8.80. The Morgan fingerprint density at radius 3 is 2.49 bits per heavy atom. The number of pyridine rings is 1. The highest BCUT2D eigenvalue weighted by Gasteiger charge is 2.26. The van der Waals surface area contributed by atoms with Crippen molar-refractivity contribution >= 4 is 40.7 Å². The van der Waals surface area contributed by atoms with Crippen LogP contribution in [0.3, 0.4) is 0 Å². The Balaban J connectivity index is 1.43. The minimum absolute atomic E-state index is 0.124. The number of nitrogens with one attached hydrogen (secondary N) is 2. The molecule has 2 aromatic rings. The molecular formula is C28H36N8O3. The maximum Gasteiger partial charge on any atom is 0.321 e. The molecule has 4 rings (SSSR count). The molecule has 4 amide bonds. The molecule has 206 valence electrons. The minimum Gasteiger partial charge on any atom is -0.394 e. The van der Waals surface area contributed by atoms with E-state index in [-0.39, 0.29) is 30.1 Å². The third kappa shape index (κ3) is 6.73. The van der Waals surface area contributed by atoms with Gasteiger partial charge in [0.2, 0.25) is 5.91 Å². The average molecular weight is 533 g/mol. The lowest BCUT2D eigenvalue weighted by Crippen LogP contribution is -2.40. The molecule has 0 aliphatic carbocycles. The summed E-state index contributed by atoms with van der Waals surface area (Å²) in [5.41, 5.74) is 10.4. The van der Waals surface area contributed by atoms with Crippen LogP contribution in [0.2, 0.25) is 0 Å². The van der Waals surface area contributed by atoms with E-state index < -0.39 is 0 Å². The number of rotatable bonds is 7. The molecule has 11 heteroatoms. The van der Waals surface area contributed by atoms with Gasteiger partial charge in [0.05, 0.1) is 11.9 Å². The van der Waals surface area contributed by atoms with E-state index in [1.807, 2.05) is 31.2 Å². The van der Waals surface area contributed by atoms with Crippen LogP contribution >= 0.6 is 0 Å². The molecule has 1 aromatic carbocycles. The second-order valence-corrected chi connectivity index (χ2v) is 9.71. The number of carbonyl (C=O) groups excluding carboxylic acids is 3. The lowest BCUT2D eigenvalue weighted by molar-refractivity contribution is -0.118. The molecule has 39 heavy (non-hydrogen) atoms. The first-order chi connectivity index (χ1) is 18.8. The SMILES string of the molecule is CCN=C1CCN(c2ccc(N3CCCC3=O)cn2)C/C1=C(/N)C(=O)NCc1ccc(NC(=O)N(C)C)cc1. The largest absolute Gasteiger partial charge is 0.394 e. The summed E-state index contributed by atoms with van der Waals surface area (Å²) >= 11 is 0. The molecule has 4 N–H and O–H groups in total. The van der Waals surface area contributed by atoms with Crippen LogP contribution in [0.25, 0.3) is 0 Å². The van der Waals surface area contributed by atoms with Crippen LogP contribution in [0.15, 0.2) is 58.9 Å². The van der Waals surface area contributed by atoms with Crippen LogP contribution in [0.5, 0.6) is 0 Å². The van der Waals surface area contributed by atoms with Gasteiger partial charge in [-0.25, -0.2) is 9.78 Å². The number of urea groups is 1. The highest BCUT2D eigenvalue weighted by molar-refractivity contribution is 6.09. The molecule has 0 unspecified atom stereocenters. The number of aromatic nitrogens is 1. The fourth-order valence-electron chi connectivity index (χ4n) is 4.56. The number of aliphatic imine (C=N–C) groups is 1. The van der Waals surface area contributed by atoms with Gasteiger partial charge in [0.1, 0.15) is 11.5 Å². The van der Waals surface area contributed by atoms with Crippen LogP contribution in [0.4, 0.5) is 22.0 Å². The van der Waals surface area contributed by atoms with E-state index in [0.717, 1.165) is 35.7 Å². The Bertz CT molecular complexity index is 1270. The van der Waals surface area contributed by atoms with Crippen molar-refractivity contribution in [1.29, 1.82) is 0 Å². The second kappa shape index (κ2) is 12.4. The van der Waals surface area contributed by atoms with Crippen molar-refractivity contribution in [3.05, 3.63) is 59.4 Å². The number of hydrogen-bond acceptors (Lipinski definition) is 7. The normalized spacial score (nSPS) is 17.8. The maximum atomic E-state index is 13.0. The third-order valence-electron chi connectivity index (χ3n) is 6.74. The summed E-state index contributed by atoms with van der Waals surface area (Å²) in [6.07, 6.45) is 3.81. The number of nitrogens with zero attached hydrogens (tertiary/aromatic N) is 5. The van der Waals surface area contributed by atoms with Gasteiger partial charge in [-0.15, -0.1) is 0 Å². The van der Waals surface area contributed by atoms with Crippen LogP contribution < -0.4 is 26.2 Å². The van der Waals surface area contributed by atoms with E-state index in [2.05, 4.69) is 25.5 Å². The molecule has 2 saturated heterocycles. The first kappa shape index (κ1) is 27.6. The van der Waals surface area contributed by atoms with E-state index in [0.29, 0.717) is 43.7 Å². The van der Waals surface area contributed by atoms with Gasteiger partial charge in [-0.2, -0.15) is 0 Å². The molecule has 2 fully saturated rings. The summed E-state index contributed by atoms with van der Waals surface area (Å²) in [4.78, 5) is 51.4. The van der Waals surface area contributed by atoms with Gasteiger partial charge in [0, 0.05) is 76.6 Å². The molecule has 0 radical (unpaired) electrons. The summed E-state index contributed by atoms with van der Waals surface area (Å²) in [6.45, 7) is 4.67. The molecule has 2 aliphatic heterocycles. The molecule has 0 bridgehead atoms. The predicted molar refractivity (Wildman–Crippen MR) is 153 cm³/mol. The van der Waals surface area contributed by atoms with Crippen LogP contribution in [-0.4, -0.2) is 73.7 Å². The number of benzene rings is 1. The van der Waals surface area contributed by atoms with Gasteiger partial charge in [-0.05, 0) is 43.2 Å². The molecule has 1 aromatic heterocycles. The summed E-state index contributed by atoms with van der Waals surface area (Å²) in [5, 5.41) is 5.67. The van der Waals surface area contributed by atoms with Gasteiger partial charge in [0.25, 0.3) is 5.91 Å². The van der Waals surface area contributed by atoms with Gasteiger partial charge in [-0.1, -0.05) is 12.1 Å². The average Bonchev–Trinajstić information content (AvgIpc) is 3.38. The van der Waals surface area contributed by atoms with Gasteiger partial charge < -0.3 is 31.1 Å². The van der Waals surface area contributed by atoms with Crippen molar-refractivity contribution in [2.75, 3.05) is 55.4 Å². The molecule has 0 saturated carbocycles. The molecule has 11 nitrogen and oxygen atoms in total. The molecule has 0 atom stereocenters. The lowest BCUT2D eigenvalue weighted by atomic mass is 9.99. The van der Waals surface area contributed by atoms with Gasteiger partial charge >= 0.3 is 6.03 Å². The predicted octanol–water partition coefficient (Wildman–Crippen LogP) is 2.50. The van der Waals surface area contributed by atoms with E-state index in [1.165, 1.54) is 4.90 Å². The summed E-state index contributed by atoms with van der Waals surface area (Å²) in [7, 11) is 3.34. The standard InChI is InChI=1S/C28H36N8O3/c1-4-30-23-13-15-35(24-12-11-21(17-31-24)36-14-5-6-25(36)37)18-22(23)26(29)27(38)32-16-19-7-9-20(10-8-19)33-28(39)34(2)3/h7-12,17H,4-6,13-16,18,29H2,1-3H3,(H,32,38)(H,33,39)/b26-22-,30-23?. The Morgan fingerprint density at radius 1 is 1.10 bits per heavy atom. The first-order valence-electron chi connectivity index (χ1n) is 13.2. The number of nitrogens with two attached hydrogens (primary N) is 1. The van der Waals surface area contributed by atoms with E-state index in [1.54, 1.807) is 37.3 Å². The van der Waals surface area contributed by atoms with Gasteiger partial charge in [-0.3, -0.25) is 14.6 Å². The molecule has 3 heterocycles. The quantitative estimate of drug-likeness (QED) is 0.469. The Morgan fingerprint density at radius 2 is 1.87 bits per heavy atom.